The van der Waals surface area contributed by atoms with Gasteiger partial charge in [0.1, 0.15) is 17.9 Å². The molecule has 4 rings (SSSR count). The van der Waals surface area contributed by atoms with E-state index in [2.05, 4.69) is 5.32 Å². The number of rotatable bonds is 8. The van der Waals surface area contributed by atoms with E-state index in [9.17, 15) is 9.59 Å². The summed E-state index contributed by atoms with van der Waals surface area (Å²) in [6.07, 6.45) is 2.17. The zero-order valence-corrected chi connectivity index (χ0v) is 18.8. The molecule has 0 saturated heterocycles. The maximum absolute atomic E-state index is 13.0. The molecule has 2 aromatic carbocycles. The second kappa shape index (κ2) is 9.53. The highest BCUT2D eigenvalue weighted by molar-refractivity contribution is 6.35. The van der Waals surface area contributed by atoms with Crippen LogP contribution in [0, 0.1) is 0 Å². The highest BCUT2D eigenvalue weighted by atomic mass is 35.5. The molecule has 3 aromatic rings. The molecule has 32 heavy (non-hydrogen) atoms. The first-order valence-electron chi connectivity index (χ1n) is 10.7. The molecular weight excluding hydrogens is 432 g/mol. The van der Waals surface area contributed by atoms with Crippen LogP contribution in [0.2, 0.25) is 5.02 Å². The number of halogens is 1. The lowest BCUT2D eigenvalue weighted by Crippen LogP contribution is -2.32. The lowest BCUT2D eigenvalue weighted by atomic mass is 10.1. The Kier molecular flexibility index (Phi) is 6.55. The van der Waals surface area contributed by atoms with Gasteiger partial charge in [0.15, 0.2) is 11.5 Å². The van der Waals surface area contributed by atoms with E-state index in [1.807, 2.05) is 36.6 Å². The van der Waals surface area contributed by atoms with Crippen molar-refractivity contribution in [1.29, 1.82) is 0 Å². The Hall–Kier alpha value is -3.19. The van der Waals surface area contributed by atoms with E-state index in [4.69, 9.17) is 25.8 Å². The standard InChI is InChI=1S/C24H25ClN2O5/c1-3-30-18-7-5-15(13-20(18)31-4-2)9-10-26-24(29)16-14-27-11-12-32-19-8-6-17(25)21(22(19)27)23(16)28/h5-8,13-14H,3-4,9-12H2,1-2H3,(H,26,29). The Labute approximate surface area is 190 Å². The zero-order chi connectivity index (χ0) is 22.7. The number of pyridine rings is 1. The van der Waals surface area contributed by atoms with Gasteiger partial charge < -0.3 is 24.1 Å². The molecule has 1 N–H and O–H groups in total. The summed E-state index contributed by atoms with van der Waals surface area (Å²) >= 11 is 6.30. The van der Waals surface area contributed by atoms with Crippen LogP contribution in [0.3, 0.4) is 0 Å². The summed E-state index contributed by atoms with van der Waals surface area (Å²) in [6, 6.07) is 9.09. The van der Waals surface area contributed by atoms with Crippen molar-refractivity contribution in [2.75, 3.05) is 26.4 Å². The molecule has 0 atom stereocenters. The van der Waals surface area contributed by atoms with Gasteiger partial charge in [-0.2, -0.15) is 0 Å². The fourth-order valence-corrected chi connectivity index (χ4v) is 4.08. The predicted octanol–water partition coefficient (Wildman–Crippen LogP) is 3.82. The van der Waals surface area contributed by atoms with Gasteiger partial charge in [-0.3, -0.25) is 9.59 Å². The number of nitrogens with zero attached hydrogens (tertiary/aromatic N) is 1. The summed E-state index contributed by atoms with van der Waals surface area (Å²) < 4.78 is 18.7. The van der Waals surface area contributed by atoms with Crippen LogP contribution in [-0.2, 0) is 13.0 Å². The van der Waals surface area contributed by atoms with E-state index in [0.717, 1.165) is 5.56 Å². The number of hydrogen-bond acceptors (Lipinski definition) is 5. The number of aromatic nitrogens is 1. The van der Waals surface area contributed by atoms with Crippen molar-refractivity contribution >= 4 is 28.4 Å². The largest absolute Gasteiger partial charge is 0.490 e. The Morgan fingerprint density at radius 1 is 1.16 bits per heavy atom. The van der Waals surface area contributed by atoms with Crippen LogP contribution in [0.1, 0.15) is 29.8 Å². The minimum atomic E-state index is -0.426. The third-order valence-electron chi connectivity index (χ3n) is 5.28. The highest BCUT2D eigenvalue weighted by Crippen LogP contribution is 2.32. The van der Waals surface area contributed by atoms with Gasteiger partial charge in [0.2, 0.25) is 5.43 Å². The fraction of sp³-hybridized carbons (Fsp3) is 0.333. The lowest BCUT2D eigenvalue weighted by Gasteiger charge is -2.22. The topological polar surface area (TPSA) is 78.8 Å². The Balaban J connectivity index is 1.52. The molecule has 0 fully saturated rings. The second-order valence-electron chi connectivity index (χ2n) is 7.34. The summed E-state index contributed by atoms with van der Waals surface area (Å²) in [5.74, 6) is 1.54. The molecule has 0 radical (unpaired) electrons. The predicted molar refractivity (Wildman–Crippen MR) is 124 cm³/mol. The maximum Gasteiger partial charge on any atom is 0.256 e. The average molecular weight is 457 g/mol. The Morgan fingerprint density at radius 3 is 2.72 bits per heavy atom. The molecule has 1 aliphatic rings. The van der Waals surface area contributed by atoms with E-state index in [0.29, 0.717) is 72.5 Å². The number of carbonyl (C=O) groups is 1. The summed E-state index contributed by atoms with van der Waals surface area (Å²) in [5.41, 5.74) is 1.29. The molecule has 168 valence electrons. The van der Waals surface area contributed by atoms with Gasteiger partial charge in [-0.25, -0.2) is 0 Å². The van der Waals surface area contributed by atoms with Crippen molar-refractivity contribution in [3.63, 3.8) is 0 Å². The summed E-state index contributed by atoms with van der Waals surface area (Å²) in [5, 5.41) is 3.46. The molecule has 8 heteroatoms. The molecule has 0 unspecified atom stereocenters. The normalized spacial score (nSPS) is 12.3. The first-order chi connectivity index (χ1) is 15.5. The first kappa shape index (κ1) is 22.0. The van der Waals surface area contributed by atoms with Crippen LogP contribution in [0.5, 0.6) is 17.2 Å². The highest BCUT2D eigenvalue weighted by Gasteiger charge is 2.22. The van der Waals surface area contributed by atoms with Crippen molar-refractivity contribution in [3.8, 4) is 17.2 Å². The van der Waals surface area contributed by atoms with Crippen LogP contribution in [0.25, 0.3) is 10.9 Å². The van der Waals surface area contributed by atoms with Gasteiger partial charge >= 0.3 is 0 Å². The number of ether oxygens (including phenoxy) is 3. The third-order valence-corrected chi connectivity index (χ3v) is 5.59. The molecule has 2 heterocycles. The first-order valence-corrected chi connectivity index (χ1v) is 11.1. The average Bonchev–Trinajstić information content (AvgIpc) is 2.79. The maximum atomic E-state index is 13.0. The molecule has 1 amide bonds. The number of benzene rings is 2. The zero-order valence-electron chi connectivity index (χ0n) is 18.1. The van der Waals surface area contributed by atoms with Crippen molar-refractivity contribution in [1.82, 2.24) is 9.88 Å². The lowest BCUT2D eigenvalue weighted by molar-refractivity contribution is 0.0952. The van der Waals surface area contributed by atoms with E-state index in [1.54, 1.807) is 18.3 Å². The number of hydrogen-bond donors (Lipinski definition) is 1. The molecule has 7 nitrogen and oxygen atoms in total. The Morgan fingerprint density at radius 2 is 1.94 bits per heavy atom. The molecule has 0 saturated carbocycles. The van der Waals surface area contributed by atoms with Crippen molar-refractivity contribution in [2.45, 2.75) is 26.8 Å². The van der Waals surface area contributed by atoms with Gasteiger partial charge in [0.05, 0.1) is 35.7 Å². The number of carbonyl (C=O) groups excluding carboxylic acids is 1. The van der Waals surface area contributed by atoms with E-state index in [-0.39, 0.29) is 5.56 Å². The van der Waals surface area contributed by atoms with Crippen LogP contribution in [-0.4, -0.2) is 36.8 Å². The van der Waals surface area contributed by atoms with Crippen LogP contribution < -0.4 is 25.0 Å². The van der Waals surface area contributed by atoms with Crippen molar-refractivity contribution in [3.05, 3.63) is 62.9 Å². The molecule has 0 spiro atoms. The summed E-state index contributed by atoms with van der Waals surface area (Å²) in [4.78, 5) is 25.9. The van der Waals surface area contributed by atoms with Gasteiger partial charge in [0, 0.05) is 12.7 Å². The van der Waals surface area contributed by atoms with Crippen molar-refractivity contribution in [2.24, 2.45) is 0 Å². The molecule has 0 aliphatic carbocycles. The molecular formula is C24H25ClN2O5. The van der Waals surface area contributed by atoms with Crippen LogP contribution >= 0.6 is 11.6 Å². The fourth-order valence-electron chi connectivity index (χ4n) is 3.84. The quantitative estimate of drug-likeness (QED) is 0.557. The SMILES string of the molecule is CCOc1ccc(CCNC(=O)c2cn3c4c(ccc(Cl)c4c2=O)OCC3)cc1OCC. The summed E-state index contributed by atoms with van der Waals surface area (Å²) in [7, 11) is 0. The molecule has 1 aromatic heterocycles. The monoisotopic (exact) mass is 456 g/mol. The molecule has 0 bridgehead atoms. The van der Waals surface area contributed by atoms with Crippen LogP contribution in [0.4, 0.5) is 0 Å². The summed E-state index contributed by atoms with van der Waals surface area (Å²) in [6.45, 7) is 6.29. The smallest absolute Gasteiger partial charge is 0.256 e. The number of amides is 1. The van der Waals surface area contributed by atoms with E-state index in [1.165, 1.54) is 0 Å². The van der Waals surface area contributed by atoms with Crippen molar-refractivity contribution < 1.29 is 19.0 Å². The van der Waals surface area contributed by atoms with Gasteiger partial charge in [-0.1, -0.05) is 17.7 Å². The van der Waals surface area contributed by atoms with Gasteiger partial charge in [-0.05, 0) is 50.1 Å². The minimum absolute atomic E-state index is 0.0696. The Bertz CT molecular complexity index is 1220. The number of nitrogens with one attached hydrogen (secondary N) is 1. The van der Waals surface area contributed by atoms with E-state index < -0.39 is 11.3 Å². The van der Waals surface area contributed by atoms with Crippen LogP contribution in [0.15, 0.2) is 41.3 Å². The second-order valence-corrected chi connectivity index (χ2v) is 7.74. The van der Waals surface area contributed by atoms with Gasteiger partial charge in [0.25, 0.3) is 5.91 Å². The molecule has 1 aliphatic heterocycles. The van der Waals surface area contributed by atoms with Gasteiger partial charge in [-0.15, -0.1) is 0 Å². The minimum Gasteiger partial charge on any atom is -0.490 e. The van der Waals surface area contributed by atoms with E-state index >= 15 is 0 Å². The third kappa shape index (κ3) is 4.25.